The summed E-state index contributed by atoms with van der Waals surface area (Å²) in [5.41, 5.74) is 1.54. The van der Waals surface area contributed by atoms with Gasteiger partial charge < -0.3 is 9.84 Å². The van der Waals surface area contributed by atoms with Crippen molar-refractivity contribution in [3.63, 3.8) is 0 Å². The van der Waals surface area contributed by atoms with E-state index in [0.717, 1.165) is 37.7 Å². The molecule has 0 bridgehead atoms. The number of hydrogen-bond acceptors (Lipinski definition) is 4. The number of allylic oxidation sites excluding steroid dienone is 1. The van der Waals surface area contributed by atoms with Crippen molar-refractivity contribution in [3.05, 3.63) is 11.1 Å². The maximum atomic E-state index is 13.1. The van der Waals surface area contributed by atoms with E-state index in [-0.39, 0.29) is 34.9 Å². The lowest BCUT2D eigenvalue weighted by molar-refractivity contribution is -0.167. The Balaban J connectivity index is 2.42. The van der Waals surface area contributed by atoms with Crippen LogP contribution in [-0.2, 0) is 19.1 Å². The van der Waals surface area contributed by atoms with Crippen LogP contribution in [0.2, 0.25) is 0 Å². The Morgan fingerprint density at radius 1 is 1.26 bits per heavy atom. The van der Waals surface area contributed by atoms with Gasteiger partial charge in [0.2, 0.25) is 0 Å². The van der Waals surface area contributed by atoms with Gasteiger partial charge in [-0.3, -0.25) is 14.4 Å². The van der Waals surface area contributed by atoms with Gasteiger partial charge in [0, 0.05) is 19.3 Å². The highest BCUT2D eigenvalue weighted by Gasteiger charge is 2.58. The summed E-state index contributed by atoms with van der Waals surface area (Å²) in [7, 11) is 0. The molecule has 152 valence electrons. The van der Waals surface area contributed by atoms with E-state index in [1.165, 1.54) is 6.92 Å². The molecule has 2 aliphatic carbocycles. The molecule has 4 atom stereocenters. The molecule has 27 heavy (non-hydrogen) atoms. The van der Waals surface area contributed by atoms with Crippen molar-refractivity contribution in [2.75, 3.05) is 0 Å². The fourth-order valence-electron chi connectivity index (χ4n) is 5.67. The molecule has 5 nitrogen and oxygen atoms in total. The van der Waals surface area contributed by atoms with Crippen LogP contribution in [0.4, 0.5) is 0 Å². The normalized spacial score (nSPS) is 31.3. The van der Waals surface area contributed by atoms with E-state index in [0.29, 0.717) is 5.57 Å². The van der Waals surface area contributed by atoms with Gasteiger partial charge in [0.25, 0.3) is 0 Å². The van der Waals surface area contributed by atoms with Crippen molar-refractivity contribution in [1.82, 2.24) is 0 Å². The lowest BCUT2D eigenvalue weighted by Crippen LogP contribution is -2.56. The molecule has 0 aromatic heterocycles. The van der Waals surface area contributed by atoms with Gasteiger partial charge in [-0.2, -0.15) is 0 Å². The van der Waals surface area contributed by atoms with E-state index in [1.807, 2.05) is 13.8 Å². The van der Waals surface area contributed by atoms with Crippen molar-refractivity contribution in [1.29, 1.82) is 0 Å². The monoisotopic (exact) mass is 378 g/mol. The van der Waals surface area contributed by atoms with Gasteiger partial charge in [0.05, 0.1) is 0 Å². The minimum absolute atomic E-state index is 0.0522. The molecular weight excluding hydrogens is 344 g/mol. The standard InChI is InChI=1S/C22H34O5/c1-13(12-17(24)25)8-9-16-14(2)18(26)19(27-15(3)23)20-21(4,5)10-7-11-22(16,20)6/h13,19-20H,7-12H2,1-6H3,(H,24,25)/t13?,19-,20?,22-/m1/s1. The fraction of sp³-hybridized carbons (Fsp3) is 0.773. The lowest BCUT2D eigenvalue weighted by Gasteiger charge is -2.56. The van der Waals surface area contributed by atoms with Crippen LogP contribution < -0.4 is 0 Å². The number of hydrogen-bond donors (Lipinski definition) is 1. The van der Waals surface area contributed by atoms with Gasteiger partial charge in [0.1, 0.15) is 0 Å². The summed E-state index contributed by atoms with van der Waals surface area (Å²) in [5, 5.41) is 9.03. The van der Waals surface area contributed by atoms with Crippen molar-refractivity contribution < 1.29 is 24.2 Å². The summed E-state index contributed by atoms with van der Waals surface area (Å²) >= 11 is 0. The maximum absolute atomic E-state index is 13.1. The zero-order valence-corrected chi connectivity index (χ0v) is 17.6. The molecule has 0 aromatic carbocycles. The summed E-state index contributed by atoms with van der Waals surface area (Å²) in [6.45, 7) is 11.7. The molecule has 0 aromatic rings. The second-order valence-corrected chi connectivity index (χ2v) is 9.48. The summed E-state index contributed by atoms with van der Waals surface area (Å²) in [6.07, 6.45) is 3.93. The molecular formula is C22H34O5. The van der Waals surface area contributed by atoms with Gasteiger partial charge in [-0.15, -0.1) is 0 Å². The number of rotatable bonds is 6. The number of ether oxygens (including phenoxy) is 1. The number of carboxylic acid groups (broad SMARTS) is 1. The number of carbonyl (C=O) groups is 3. The predicted octanol–water partition coefficient (Wildman–Crippen LogP) is 4.54. The molecule has 0 radical (unpaired) electrons. The Bertz CT molecular complexity index is 660. The quantitative estimate of drug-likeness (QED) is 0.686. The van der Waals surface area contributed by atoms with Crippen molar-refractivity contribution >= 4 is 17.7 Å². The third-order valence-corrected chi connectivity index (χ3v) is 6.82. The van der Waals surface area contributed by atoms with E-state index < -0.39 is 18.0 Å². The molecule has 0 spiro atoms. The number of Topliss-reactive ketones (excluding diaryl/α,β-unsaturated/α-hetero) is 1. The SMILES string of the molecule is CC(=O)O[C@@H]1C(=O)C(C)=C(CCC(C)CC(=O)O)[C@@]2(C)CCCC(C)(C)C12. The van der Waals surface area contributed by atoms with Crippen molar-refractivity contribution in [2.45, 2.75) is 86.2 Å². The molecule has 1 saturated carbocycles. The zero-order chi connectivity index (χ0) is 20.6. The molecule has 2 rings (SSSR count). The first-order valence-electron chi connectivity index (χ1n) is 10.0. The van der Waals surface area contributed by atoms with Crippen molar-refractivity contribution in [2.24, 2.45) is 22.7 Å². The highest BCUT2D eigenvalue weighted by molar-refractivity contribution is 6.01. The number of esters is 1. The fourth-order valence-corrected chi connectivity index (χ4v) is 5.67. The number of carboxylic acids is 1. The summed E-state index contributed by atoms with van der Waals surface area (Å²) in [6, 6.07) is 0. The first kappa shape index (κ1) is 21.6. The Morgan fingerprint density at radius 2 is 1.89 bits per heavy atom. The Morgan fingerprint density at radius 3 is 2.44 bits per heavy atom. The van der Waals surface area contributed by atoms with Crippen LogP contribution in [0, 0.1) is 22.7 Å². The molecule has 2 unspecified atom stereocenters. The van der Waals surface area contributed by atoms with E-state index in [9.17, 15) is 14.4 Å². The second-order valence-electron chi connectivity index (χ2n) is 9.48. The van der Waals surface area contributed by atoms with E-state index in [4.69, 9.17) is 9.84 Å². The highest BCUT2D eigenvalue weighted by Crippen LogP contribution is 2.60. The Labute approximate surface area is 162 Å². The van der Waals surface area contributed by atoms with Crippen LogP contribution in [0.15, 0.2) is 11.1 Å². The average molecular weight is 379 g/mol. The molecule has 1 N–H and O–H groups in total. The summed E-state index contributed by atoms with van der Waals surface area (Å²) in [5.74, 6) is -1.27. The third-order valence-electron chi connectivity index (χ3n) is 6.82. The van der Waals surface area contributed by atoms with Crippen molar-refractivity contribution in [3.8, 4) is 0 Å². The van der Waals surface area contributed by atoms with Gasteiger partial charge in [-0.05, 0) is 54.9 Å². The minimum atomic E-state index is -0.786. The van der Waals surface area contributed by atoms with Crippen LogP contribution in [0.3, 0.4) is 0 Å². The molecule has 0 saturated heterocycles. The predicted molar refractivity (Wildman–Crippen MR) is 103 cm³/mol. The van der Waals surface area contributed by atoms with E-state index in [1.54, 1.807) is 0 Å². The zero-order valence-electron chi connectivity index (χ0n) is 17.6. The van der Waals surface area contributed by atoms with Gasteiger partial charge >= 0.3 is 11.9 Å². The van der Waals surface area contributed by atoms with Gasteiger partial charge in [0.15, 0.2) is 11.9 Å². The maximum Gasteiger partial charge on any atom is 0.303 e. The van der Waals surface area contributed by atoms with Gasteiger partial charge in [-0.25, -0.2) is 0 Å². The van der Waals surface area contributed by atoms with Crippen LogP contribution in [0.25, 0.3) is 0 Å². The molecule has 0 aliphatic heterocycles. The first-order valence-corrected chi connectivity index (χ1v) is 10.0. The number of fused-ring (bicyclic) bond motifs is 1. The molecule has 0 amide bonds. The largest absolute Gasteiger partial charge is 0.481 e. The smallest absolute Gasteiger partial charge is 0.303 e. The third kappa shape index (κ3) is 4.27. The molecule has 1 fully saturated rings. The average Bonchev–Trinajstić information content (AvgIpc) is 2.49. The van der Waals surface area contributed by atoms with E-state index >= 15 is 0 Å². The molecule has 2 aliphatic rings. The number of ketones is 1. The Kier molecular flexibility index (Phi) is 6.23. The lowest BCUT2D eigenvalue weighted by atomic mass is 9.48. The number of carbonyl (C=O) groups excluding carboxylic acids is 2. The summed E-state index contributed by atoms with van der Waals surface area (Å²) < 4.78 is 5.57. The number of aliphatic carboxylic acids is 1. The Hall–Kier alpha value is -1.65. The van der Waals surface area contributed by atoms with Crippen LogP contribution in [0.5, 0.6) is 0 Å². The highest BCUT2D eigenvalue weighted by atomic mass is 16.5. The van der Waals surface area contributed by atoms with Crippen LogP contribution >= 0.6 is 0 Å². The van der Waals surface area contributed by atoms with Crippen LogP contribution in [0.1, 0.15) is 80.1 Å². The second kappa shape index (κ2) is 7.76. The minimum Gasteiger partial charge on any atom is -0.481 e. The molecule has 5 heteroatoms. The van der Waals surface area contributed by atoms with Crippen LogP contribution in [-0.4, -0.2) is 28.9 Å². The molecule has 0 heterocycles. The first-order chi connectivity index (χ1) is 12.4. The van der Waals surface area contributed by atoms with E-state index in [2.05, 4.69) is 20.8 Å². The topological polar surface area (TPSA) is 80.7 Å². The van der Waals surface area contributed by atoms with Gasteiger partial charge in [-0.1, -0.05) is 39.7 Å². The summed E-state index contributed by atoms with van der Waals surface area (Å²) in [4.78, 5) is 35.8.